The minimum Gasteiger partial charge on any atom is -0.398 e. The summed E-state index contributed by atoms with van der Waals surface area (Å²) in [6.45, 7) is 7.36. The fourth-order valence-corrected chi connectivity index (χ4v) is 1.14. The second kappa shape index (κ2) is 3.77. The van der Waals surface area contributed by atoms with Gasteiger partial charge in [0, 0.05) is 5.69 Å². The number of hydrogen-bond donors (Lipinski definition) is 1. The number of nitrogen functional groups attached to an aromatic ring is 1. The number of allylic oxidation sites excluding steroid dienone is 1. The van der Waals surface area contributed by atoms with Crippen molar-refractivity contribution in [3.63, 3.8) is 0 Å². The van der Waals surface area contributed by atoms with Crippen LogP contribution in [0, 0.1) is 0 Å². The Balaban J connectivity index is 3.12. The lowest BCUT2D eigenvalue weighted by atomic mass is 10.1. The normalized spacial score (nSPS) is 9.33. The van der Waals surface area contributed by atoms with E-state index in [0.717, 1.165) is 23.2 Å². The minimum absolute atomic E-state index is 0.812. The smallest absolute Gasteiger partial charge is 0.0423 e. The van der Waals surface area contributed by atoms with Gasteiger partial charge >= 0.3 is 0 Å². The van der Waals surface area contributed by atoms with Gasteiger partial charge in [-0.2, -0.15) is 0 Å². The molecule has 0 aliphatic rings. The molecular formula is C11H13N. The first-order chi connectivity index (χ1) is 5.79. The maximum absolute atomic E-state index is 5.86. The predicted molar refractivity (Wildman–Crippen MR) is 54.8 cm³/mol. The lowest BCUT2D eigenvalue weighted by Crippen LogP contribution is -1.95. The monoisotopic (exact) mass is 159 g/mol. The Morgan fingerprint density at radius 1 is 1.33 bits per heavy atom. The molecule has 12 heavy (non-hydrogen) atoms. The standard InChI is InChI=1S/C11H13N/c1-3-6-10-8-5-7-9(4-2)11(10)12/h3-5,7-8H,1-2,6,12H2. The van der Waals surface area contributed by atoms with Crippen LogP contribution in [0.1, 0.15) is 11.1 Å². The second-order valence-electron chi connectivity index (χ2n) is 2.62. The van der Waals surface area contributed by atoms with Crippen molar-refractivity contribution < 1.29 is 0 Å². The van der Waals surface area contributed by atoms with Crippen molar-refractivity contribution in [2.45, 2.75) is 6.42 Å². The van der Waals surface area contributed by atoms with Gasteiger partial charge in [0.15, 0.2) is 0 Å². The van der Waals surface area contributed by atoms with Crippen LogP contribution in [-0.4, -0.2) is 0 Å². The molecule has 0 atom stereocenters. The average Bonchev–Trinajstić information content (AvgIpc) is 2.09. The Morgan fingerprint density at radius 2 is 2.08 bits per heavy atom. The van der Waals surface area contributed by atoms with Gasteiger partial charge in [-0.3, -0.25) is 0 Å². The molecule has 0 heterocycles. The lowest BCUT2D eigenvalue weighted by molar-refractivity contribution is 1.28. The van der Waals surface area contributed by atoms with Crippen molar-refractivity contribution in [2.24, 2.45) is 0 Å². The molecule has 0 fully saturated rings. The first-order valence-corrected chi connectivity index (χ1v) is 3.90. The molecule has 62 valence electrons. The highest BCUT2D eigenvalue weighted by Gasteiger charge is 1.99. The zero-order valence-corrected chi connectivity index (χ0v) is 7.09. The Kier molecular flexibility index (Phi) is 2.70. The van der Waals surface area contributed by atoms with E-state index in [-0.39, 0.29) is 0 Å². The number of para-hydroxylation sites is 1. The summed E-state index contributed by atoms with van der Waals surface area (Å²) in [5.41, 5.74) is 8.78. The molecule has 0 aliphatic carbocycles. The maximum Gasteiger partial charge on any atom is 0.0423 e. The van der Waals surface area contributed by atoms with E-state index >= 15 is 0 Å². The summed E-state index contributed by atoms with van der Waals surface area (Å²) in [6.07, 6.45) is 4.42. The van der Waals surface area contributed by atoms with Gasteiger partial charge in [-0.25, -0.2) is 0 Å². The maximum atomic E-state index is 5.86. The lowest BCUT2D eigenvalue weighted by Gasteiger charge is -2.05. The Hall–Kier alpha value is -1.50. The largest absolute Gasteiger partial charge is 0.398 e. The summed E-state index contributed by atoms with van der Waals surface area (Å²) in [6, 6.07) is 5.94. The summed E-state index contributed by atoms with van der Waals surface area (Å²) < 4.78 is 0. The minimum atomic E-state index is 0.812. The van der Waals surface area contributed by atoms with Crippen LogP contribution in [0.4, 0.5) is 5.69 Å². The van der Waals surface area contributed by atoms with Gasteiger partial charge in [0.05, 0.1) is 0 Å². The molecule has 1 nitrogen and oxygen atoms in total. The van der Waals surface area contributed by atoms with Crippen LogP contribution in [0.5, 0.6) is 0 Å². The molecule has 1 heteroatoms. The van der Waals surface area contributed by atoms with Gasteiger partial charge in [0.25, 0.3) is 0 Å². The fourth-order valence-electron chi connectivity index (χ4n) is 1.14. The van der Waals surface area contributed by atoms with Gasteiger partial charge in [-0.05, 0) is 17.5 Å². The SMILES string of the molecule is C=CCc1cccc(C=C)c1N. The van der Waals surface area contributed by atoms with Gasteiger partial charge in [0.2, 0.25) is 0 Å². The van der Waals surface area contributed by atoms with Gasteiger partial charge < -0.3 is 5.73 Å². The zero-order chi connectivity index (χ0) is 8.97. The molecule has 0 radical (unpaired) electrons. The second-order valence-corrected chi connectivity index (χ2v) is 2.62. The molecule has 0 aromatic heterocycles. The van der Waals surface area contributed by atoms with Crippen LogP contribution in [-0.2, 0) is 6.42 Å². The molecule has 1 aromatic rings. The number of benzene rings is 1. The first kappa shape index (κ1) is 8.60. The average molecular weight is 159 g/mol. The number of rotatable bonds is 3. The molecule has 0 saturated heterocycles. The van der Waals surface area contributed by atoms with Crippen molar-refractivity contribution >= 4 is 11.8 Å². The highest BCUT2D eigenvalue weighted by atomic mass is 14.6. The molecule has 0 unspecified atom stereocenters. The third-order valence-electron chi connectivity index (χ3n) is 1.81. The quantitative estimate of drug-likeness (QED) is 0.532. The van der Waals surface area contributed by atoms with Crippen LogP contribution < -0.4 is 5.73 Å². The summed E-state index contributed by atoms with van der Waals surface area (Å²) in [5.74, 6) is 0. The fraction of sp³-hybridized carbons (Fsp3) is 0.0909. The van der Waals surface area contributed by atoms with Gasteiger partial charge in [-0.1, -0.05) is 36.9 Å². The molecule has 1 rings (SSSR count). The predicted octanol–water partition coefficient (Wildman–Crippen LogP) is 2.64. The van der Waals surface area contributed by atoms with E-state index in [0.29, 0.717) is 0 Å². The van der Waals surface area contributed by atoms with Crippen molar-refractivity contribution in [1.29, 1.82) is 0 Å². The van der Waals surface area contributed by atoms with E-state index in [4.69, 9.17) is 5.73 Å². The van der Waals surface area contributed by atoms with Crippen LogP contribution in [0.3, 0.4) is 0 Å². The molecule has 0 spiro atoms. The topological polar surface area (TPSA) is 26.0 Å². The van der Waals surface area contributed by atoms with Crippen molar-refractivity contribution in [2.75, 3.05) is 5.73 Å². The van der Waals surface area contributed by atoms with Gasteiger partial charge in [-0.15, -0.1) is 6.58 Å². The zero-order valence-electron chi connectivity index (χ0n) is 7.09. The van der Waals surface area contributed by atoms with Crippen LogP contribution in [0.15, 0.2) is 37.4 Å². The Bertz CT molecular complexity index is 300. The molecule has 1 aromatic carbocycles. The summed E-state index contributed by atoms with van der Waals surface area (Å²) in [5, 5.41) is 0. The molecule has 0 bridgehead atoms. The molecule has 0 saturated carbocycles. The van der Waals surface area contributed by atoms with Gasteiger partial charge in [0.1, 0.15) is 0 Å². The molecule has 2 N–H and O–H groups in total. The Labute approximate surface area is 73.2 Å². The third kappa shape index (κ3) is 1.56. The third-order valence-corrected chi connectivity index (χ3v) is 1.81. The summed E-state index contributed by atoms with van der Waals surface area (Å²) >= 11 is 0. The number of hydrogen-bond acceptors (Lipinski definition) is 1. The van der Waals surface area contributed by atoms with E-state index in [1.165, 1.54) is 0 Å². The Morgan fingerprint density at radius 3 is 2.67 bits per heavy atom. The van der Waals surface area contributed by atoms with E-state index < -0.39 is 0 Å². The van der Waals surface area contributed by atoms with Crippen LogP contribution >= 0.6 is 0 Å². The van der Waals surface area contributed by atoms with Crippen molar-refractivity contribution in [1.82, 2.24) is 0 Å². The van der Waals surface area contributed by atoms with E-state index in [9.17, 15) is 0 Å². The van der Waals surface area contributed by atoms with E-state index in [1.807, 2.05) is 24.3 Å². The number of anilines is 1. The highest BCUT2D eigenvalue weighted by molar-refractivity contribution is 5.66. The first-order valence-electron chi connectivity index (χ1n) is 3.90. The highest BCUT2D eigenvalue weighted by Crippen LogP contribution is 2.18. The van der Waals surface area contributed by atoms with Crippen LogP contribution in [0.25, 0.3) is 6.08 Å². The molecule has 0 aliphatic heterocycles. The van der Waals surface area contributed by atoms with E-state index in [2.05, 4.69) is 13.2 Å². The summed E-state index contributed by atoms with van der Waals surface area (Å²) in [7, 11) is 0. The van der Waals surface area contributed by atoms with Crippen LogP contribution in [0.2, 0.25) is 0 Å². The summed E-state index contributed by atoms with van der Waals surface area (Å²) in [4.78, 5) is 0. The number of nitrogens with two attached hydrogens (primary N) is 1. The van der Waals surface area contributed by atoms with Crippen molar-refractivity contribution in [3.05, 3.63) is 48.6 Å². The molecular weight excluding hydrogens is 146 g/mol. The van der Waals surface area contributed by atoms with E-state index in [1.54, 1.807) is 6.08 Å². The van der Waals surface area contributed by atoms with Crippen molar-refractivity contribution in [3.8, 4) is 0 Å². The molecule has 0 amide bonds.